The summed E-state index contributed by atoms with van der Waals surface area (Å²) in [7, 11) is 0. The molecule has 236 valence electrons. The third-order valence-electron chi connectivity index (χ3n) is 10.6. The SMILES string of the molecule is C1=CC(n2c3ccccc3c3c4ccccc4n(-c4ccccc4)c32)=C[C@H](n2c3ccccc3c3c4ccccc4n(-c4ccccc4)c32)C1. The van der Waals surface area contributed by atoms with Gasteiger partial charge in [0.15, 0.2) is 0 Å². The van der Waals surface area contributed by atoms with Crippen molar-refractivity contribution in [3.63, 3.8) is 0 Å². The van der Waals surface area contributed by atoms with E-state index in [1.807, 2.05) is 0 Å². The summed E-state index contributed by atoms with van der Waals surface area (Å²) in [5.41, 5.74) is 10.8. The second-order valence-electron chi connectivity index (χ2n) is 13.3. The van der Waals surface area contributed by atoms with Crippen molar-refractivity contribution in [2.75, 3.05) is 0 Å². The van der Waals surface area contributed by atoms with E-state index in [9.17, 15) is 0 Å². The Hall–Kier alpha value is -6.52. The molecule has 4 aromatic heterocycles. The zero-order chi connectivity index (χ0) is 32.8. The summed E-state index contributed by atoms with van der Waals surface area (Å²) in [5.74, 6) is 0. The van der Waals surface area contributed by atoms with Crippen LogP contribution >= 0.6 is 0 Å². The lowest BCUT2D eigenvalue weighted by molar-refractivity contribution is 0.639. The first-order valence-electron chi connectivity index (χ1n) is 17.4. The molecule has 0 aliphatic heterocycles. The summed E-state index contributed by atoms with van der Waals surface area (Å²) in [6.07, 6.45) is 8.09. The van der Waals surface area contributed by atoms with Crippen LogP contribution in [0.25, 0.3) is 82.8 Å². The van der Waals surface area contributed by atoms with Crippen molar-refractivity contribution in [1.29, 1.82) is 0 Å². The second kappa shape index (κ2) is 10.5. The standard InChI is InChI=1S/C46H32N4/c1-3-16-31(17-4-1)47-39-26-11-7-22-35(39)43-37-24-9-13-28-41(37)49(45(43)47)33-20-15-21-34(30-33)50-42-29-14-10-25-38(42)44-36-23-8-12-27-40(36)48(46(44)50)32-18-5-2-6-19-32/h1-20,22-30,34H,21H2/t34-/m1/s1. The summed E-state index contributed by atoms with van der Waals surface area (Å²) in [6.45, 7) is 0. The van der Waals surface area contributed by atoms with Gasteiger partial charge in [-0.05, 0) is 67.1 Å². The topological polar surface area (TPSA) is 19.7 Å². The molecule has 11 rings (SSSR count). The van der Waals surface area contributed by atoms with Crippen LogP contribution in [-0.2, 0) is 0 Å². The number of hydrogen-bond donors (Lipinski definition) is 0. The highest BCUT2D eigenvalue weighted by Gasteiger charge is 2.27. The second-order valence-corrected chi connectivity index (χ2v) is 13.3. The lowest BCUT2D eigenvalue weighted by Crippen LogP contribution is -2.13. The van der Waals surface area contributed by atoms with Gasteiger partial charge in [0.25, 0.3) is 0 Å². The van der Waals surface area contributed by atoms with Crippen LogP contribution in [0.4, 0.5) is 0 Å². The average molecular weight is 641 g/mol. The van der Waals surface area contributed by atoms with Gasteiger partial charge in [-0.3, -0.25) is 13.7 Å². The molecule has 4 nitrogen and oxygen atoms in total. The van der Waals surface area contributed by atoms with E-state index in [-0.39, 0.29) is 6.04 Å². The van der Waals surface area contributed by atoms with Crippen LogP contribution in [-0.4, -0.2) is 18.3 Å². The Morgan fingerprint density at radius 1 is 0.400 bits per heavy atom. The Morgan fingerprint density at radius 2 is 0.820 bits per heavy atom. The third-order valence-corrected chi connectivity index (χ3v) is 10.6. The maximum atomic E-state index is 2.59. The number of hydrogen-bond acceptors (Lipinski definition) is 0. The van der Waals surface area contributed by atoms with E-state index in [4.69, 9.17) is 0 Å². The Balaban J connectivity index is 1.24. The zero-order valence-electron chi connectivity index (χ0n) is 27.3. The zero-order valence-corrected chi connectivity index (χ0v) is 27.3. The van der Waals surface area contributed by atoms with Gasteiger partial charge in [-0.15, -0.1) is 0 Å². The molecular formula is C46H32N4. The van der Waals surface area contributed by atoms with E-state index in [1.165, 1.54) is 77.1 Å². The van der Waals surface area contributed by atoms with Gasteiger partial charge in [-0.1, -0.05) is 115 Å². The van der Waals surface area contributed by atoms with E-state index in [0.717, 1.165) is 12.1 Å². The van der Waals surface area contributed by atoms with E-state index in [0.29, 0.717) is 0 Å². The first-order chi connectivity index (χ1) is 24.9. The van der Waals surface area contributed by atoms with Gasteiger partial charge in [-0.2, -0.15) is 0 Å². The van der Waals surface area contributed by atoms with Gasteiger partial charge in [0.1, 0.15) is 11.3 Å². The minimum atomic E-state index is 0.0925. The van der Waals surface area contributed by atoms with Crippen molar-refractivity contribution >= 4 is 71.4 Å². The lowest BCUT2D eigenvalue weighted by atomic mass is 10.1. The molecule has 10 aromatic rings. The van der Waals surface area contributed by atoms with Crippen molar-refractivity contribution in [3.8, 4) is 11.4 Å². The molecule has 0 unspecified atom stereocenters. The fourth-order valence-electron chi connectivity index (χ4n) is 8.68. The minimum Gasteiger partial charge on any atom is -0.319 e. The van der Waals surface area contributed by atoms with Crippen molar-refractivity contribution in [3.05, 3.63) is 176 Å². The summed E-state index contributed by atoms with van der Waals surface area (Å²) in [6, 6.07) is 57.2. The number of benzene rings is 6. The first-order valence-corrected chi connectivity index (χ1v) is 17.4. The molecule has 1 aliphatic carbocycles. The fourth-order valence-corrected chi connectivity index (χ4v) is 8.68. The molecule has 0 saturated heterocycles. The summed E-state index contributed by atoms with van der Waals surface area (Å²) < 4.78 is 10.00. The van der Waals surface area contributed by atoms with Crippen molar-refractivity contribution in [1.82, 2.24) is 18.3 Å². The molecule has 0 amide bonds. The predicted octanol–water partition coefficient (Wildman–Crippen LogP) is 11.8. The van der Waals surface area contributed by atoms with Gasteiger partial charge >= 0.3 is 0 Å². The number of rotatable bonds is 4. The number of fused-ring (bicyclic) bond motifs is 10. The van der Waals surface area contributed by atoms with Crippen LogP contribution in [0.3, 0.4) is 0 Å². The van der Waals surface area contributed by atoms with Crippen LogP contribution in [0, 0.1) is 0 Å². The van der Waals surface area contributed by atoms with E-state index >= 15 is 0 Å². The predicted molar refractivity (Wildman–Crippen MR) is 210 cm³/mol. The highest BCUT2D eigenvalue weighted by molar-refractivity contribution is 6.24. The number of nitrogens with zero attached hydrogens (tertiary/aromatic N) is 4. The molecule has 1 aliphatic rings. The van der Waals surface area contributed by atoms with Crippen LogP contribution in [0.1, 0.15) is 12.5 Å². The Bertz CT molecular complexity index is 3000. The molecule has 4 heterocycles. The maximum Gasteiger partial charge on any atom is 0.131 e. The van der Waals surface area contributed by atoms with E-state index in [1.54, 1.807) is 0 Å². The number of aromatic nitrogens is 4. The van der Waals surface area contributed by atoms with Gasteiger partial charge in [0.05, 0.1) is 28.1 Å². The third kappa shape index (κ3) is 3.70. The van der Waals surface area contributed by atoms with Gasteiger partial charge in [-0.25, -0.2) is 0 Å². The van der Waals surface area contributed by atoms with Gasteiger partial charge in [0.2, 0.25) is 0 Å². The summed E-state index contributed by atoms with van der Waals surface area (Å²) in [5, 5.41) is 7.70. The molecule has 0 fully saturated rings. The summed E-state index contributed by atoms with van der Waals surface area (Å²) >= 11 is 0. The van der Waals surface area contributed by atoms with Crippen molar-refractivity contribution in [2.45, 2.75) is 12.5 Å². The molecule has 0 saturated carbocycles. The van der Waals surface area contributed by atoms with Gasteiger partial charge < -0.3 is 4.57 Å². The van der Waals surface area contributed by atoms with E-state index in [2.05, 4.69) is 194 Å². The number of para-hydroxylation sites is 6. The quantitative estimate of drug-likeness (QED) is 0.182. The molecule has 6 aromatic carbocycles. The van der Waals surface area contributed by atoms with Crippen LogP contribution in [0.5, 0.6) is 0 Å². The minimum absolute atomic E-state index is 0.0925. The fraction of sp³-hybridized carbons (Fsp3) is 0.0435. The molecule has 1 atom stereocenters. The Morgan fingerprint density at radius 3 is 1.38 bits per heavy atom. The molecule has 0 N–H and O–H groups in total. The highest BCUT2D eigenvalue weighted by atomic mass is 15.2. The molecule has 0 radical (unpaired) electrons. The normalized spacial score (nSPS) is 15.0. The lowest BCUT2D eigenvalue weighted by Gasteiger charge is -2.23. The van der Waals surface area contributed by atoms with Crippen molar-refractivity contribution < 1.29 is 0 Å². The Kier molecular flexibility index (Phi) is 5.75. The largest absolute Gasteiger partial charge is 0.319 e. The molecule has 0 bridgehead atoms. The highest BCUT2D eigenvalue weighted by Crippen LogP contribution is 2.45. The molecule has 0 spiro atoms. The number of allylic oxidation sites excluding steroid dienone is 4. The van der Waals surface area contributed by atoms with Gasteiger partial charge in [0, 0.05) is 49.4 Å². The molecule has 50 heavy (non-hydrogen) atoms. The van der Waals surface area contributed by atoms with Crippen LogP contribution in [0.15, 0.2) is 176 Å². The van der Waals surface area contributed by atoms with Crippen LogP contribution < -0.4 is 0 Å². The van der Waals surface area contributed by atoms with Crippen molar-refractivity contribution in [2.24, 2.45) is 0 Å². The van der Waals surface area contributed by atoms with Crippen LogP contribution in [0.2, 0.25) is 0 Å². The molecule has 4 heteroatoms. The maximum absolute atomic E-state index is 2.59. The summed E-state index contributed by atoms with van der Waals surface area (Å²) in [4.78, 5) is 0. The molecular weight excluding hydrogens is 609 g/mol. The first kappa shape index (κ1) is 27.4. The monoisotopic (exact) mass is 640 g/mol. The Labute approximate surface area is 288 Å². The van der Waals surface area contributed by atoms with E-state index < -0.39 is 0 Å². The smallest absolute Gasteiger partial charge is 0.131 e. The average Bonchev–Trinajstić information content (AvgIpc) is 3.90.